The van der Waals surface area contributed by atoms with Crippen LogP contribution in [-0.2, 0) is 0 Å². The molecule has 2 heterocycles. The molecule has 0 fully saturated rings. The molecule has 0 radical (unpaired) electrons. The first kappa shape index (κ1) is 20.8. The Labute approximate surface area is 192 Å². The summed E-state index contributed by atoms with van der Waals surface area (Å²) in [5.41, 5.74) is 5.26. The molecule has 1 N–H and O–H groups in total. The zero-order valence-electron chi connectivity index (χ0n) is 18.5. The van der Waals surface area contributed by atoms with Crippen LogP contribution in [0.3, 0.4) is 0 Å². The van der Waals surface area contributed by atoms with Crippen molar-refractivity contribution in [1.29, 1.82) is 0 Å². The predicted octanol–water partition coefficient (Wildman–Crippen LogP) is 6.98. The summed E-state index contributed by atoms with van der Waals surface area (Å²) >= 11 is 0. The fourth-order valence-electron chi connectivity index (χ4n) is 3.99. The summed E-state index contributed by atoms with van der Waals surface area (Å²) in [6, 6.07) is 26.0. The van der Waals surface area contributed by atoms with Crippen molar-refractivity contribution in [3.05, 3.63) is 108 Å². The number of hydrogen-bond acceptors (Lipinski definition) is 4. The lowest BCUT2D eigenvalue weighted by molar-refractivity contribution is 0.618. The van der Waals surface area contributed by atoms with E-state index in [1.54, 1.807) is 0 Å². The Morgan fingerprint density at radius 2 is 1.52 bits per heavy atom. The van der Waals surface area contributed by atoms with Gasteiger partial charge in [0, 0.05) is 17.5 Å². The van der Waals surface area contributed by atoms with Gasteiger partial charge >= 0.3 is 0 Å². The van der Waals surface area contributed by atoms with E-state index in [0.29, 0.717) is 0 Å². The minimum absolute atomic E-state index is 0.132. The third-order valence-corrected chi connectivity index (χ3v) is 5.81. The Morgan fingerprint density at radius 1 is 0.758 bits per heavy atom. The largest absolute Gasteiger partial charge is 0.361 e. The molecule has 0 aliphatic rings. The van der Waals surface area contributed by atoms with Gasteiger partial charge in [0.15, 0.2) is 11.6 Å². The number of anilines is 1. The van der Waals surface area contributed by atoms with E-state index in [2.05, 4.69) is 38.5 Å². The molecule has 0 amide bonds. The van der Waals surface area contributed by atoms with Crippen LogP contribution in [0.4, 0.5) is 10.2 Å². The van der Waals surface area contributed by atoms with Crippen molar-refractivity contribution >= 4 is 16.6 Å². The molecule has 5 aromatic rings. The monoisotopic (exact) mass is 434 g/mol. The van der Waals surface area contributed by atoms with Gasteiger partial charge in [-0.3, -0.25) is 4.98 Å². The van der Waals surface area contributed by atoms with Gasteiger partial charge in [-0.1, -0.05) is 60.7 Å². The normalized spacial score (nSPS) is 12.0. The van der Waals surface area contributed by atoms with Crippen LogP contribution in [0.25, 0.3) is 33.2 Å². The number of aryl methyl sites for hydroxylation is 1. The molecule has 4 nitrogen and oxygen atoms in total. The first-order chi connectivity index (χ1) is 16.1. The van der Waals surface area contributed by atoms with Crippen molar-refractivity contribution in [2.24, 2.45) is 0 Å². The second-order valence-corrected chi connectivity index (χ2v) is 8.12. The highest BCUT2D eigenvalue weighted by molar-refractivity contribution is 5.87. The average Bonchev–Trinajstić information content (AvgIpc) is 2.85. The van der Waals surface area contributed by atoms with Crippen LogP contribution in [0.15, 0.2) is 91.4 Å². The Hall–Kier alpha value is -4.12. The second kappa shape index (κ2) is 8.79. The quantitative estimate of drug-likeness (QED) is 0.324. The maximum Gasteiger partial charge on any atom is 0.191 e. The fourth-order valence-corrected chi connectivity index (χ4v) is 3.99. The summed E-state index contributed by atoms with van der Waals surface area (Å²) in [6.07, 6.45) is 3.21. The van der Waals surface area contributed by atoms with E-state index in [9.17, 15) is 0 Å². The number of benzene rings is 3. The van der Waals surface area contributed by atoms with Crippen LogP contribution in [-0.4, -0.2) is 15.0 Å². The van der Waals surface area contributed by atoms with E-state index in [0.717, 1.165) is 38.7 Å². The van der Waals surface area contributed by atoms with Crippen LogP contribution in [0, 0.1) is 12.7 Å². The van der Waals surface area contributed by atoms with Gasteiger partial charge in [-0.25, -0.2) is 14.4 Å². The van der Waals surface area contributed by atoms with E-state index in [1.807, 2.05) is 80.7 Å². The van der Waals surface area contributed by atoms with Crippen LogP contribution < -0.4 is 5.32 Å². The number of hydrogen-bond donors (Lipinski definition) is 1. The molecule has 162 valence electrons. The number of nitrogens with one attached hydrogen (secondary N) is 1. The predicted molar refractivity (Wildman–Crippen MR) is 131 cm³/mol. The van der Waals surface area contributed by atoms with E-state index in [4.69, 9.17) is 0 Å². The molecule has 3 aromatic carbocycles. The highest BCUT2D eigenvalue weighted by Gasteiger charge is 2.16. The maximum atomic E-state index is 15.4. The van der Waals surface area contributed by atoms with Crippen LogP contribution in [0.2, 0.25) is 0 Å². The van der Waals surface area contributed by atoms with Gasteiger partial charge in [0.2, 0.25) is 0 Å². The Morgan fingerprint density at radius 3 is 2.30 bits per heavy atom. The smallest absolute Gasteiger partial charge is 0.191 e. The van der Waals surface area contributed by atoms with Crippen molar-refractivity contribution in [3.8, 4) is 22.4 Å². The number of rotatable bonds is 5. The molecule has 2 aromatic heterocycles. The molecule has 33 heavy (non-hydrogen) atoms. The molecule has 0 aliphatic carbocycles. The summed E-state index contributed by atoms with van der Waals surface area (Å²) < 4.78 is 15.4. The molecule has 1 unspecified atom stereocenters. The maximum absolute atomic E-state index is 15.4. The number of aromatic nitrogens is 3. The minimum atomic E-state index is -0.455. The summed E-state index contributed by atoms with van der Waals surface area (Å²) in [7, 11) is 0. The number of fused-ring (bicyclic) bond motifs is 1. The molecule has 0 saturated carbocycles. The zero-order valence-corrected chi connectivity index (χ0v) is 18.5. The molecular weight excluding hydrogens is 411 g/mol. The standard InChI is InChI=1S/C28H23FN4/c1-18-15-24(13-14-30-18)22-9-7-20(8-10-22)19(2)33-28-26(29)27(31-17-32-28)25-12-11-21-5-3-4-6-23(21)16-25/h3-17,19H,1-2H3,(H,31,32,33). The highest BCUT2D eigenvalue weighted by atomic mass is 19.1. The van der Waals surface area contributed by atoms with E-state index < -0.39 is 5.82 Å². The lowest BCUT2D eigenvalue weighted by Crippen LogP contribution is -2.10. The summed E-state index contributed by atoms with van der Waals surface area (Å²) in [5, 5.41) is 5.35. The first-order valence-electron chi connectivity index (χ1n) is 10.9. The highest BCUT2D eigenvalue weighted by Crippen LogP contribution is 2.29. The Balaban J connectivity index is 1.39. The van der Waals surface area contributed by atoms with Gasteiger partial charge in [0.05, 0.1) is 6.04 Å². The Kier molecular flexibility index (Phi) is 5.53. The Bertz CT molecular complexity index is 1430. The zero-order chi connectivity index (χ0) is 22.8. The van der Waals surface area contributed by atoms with Crippen LogP contribution >= 0.6 is 0 Å². The van der Waals surface area contributed by atoms with Gasteiger partial charge in [-0.05, 0) is 59.5 Å². The number of nitrogens with zero attached hydrogens (tertiary/aromatic N) is 3. The molecule has 5 rings (SSSR count). The van der Waals surface area contributed by atoms with Crippen LogP contribution in [0.5, 0.6) is 0 Å². The lowest BCUT2D eigenvalue weighted by Gasteiger charge is -2.17. The van der Waals surface area contributed by atoms with E-state index >= 15 is 4.39 Å². The summed E-state index contributed by atoms with van der Waals surface area (Å²) in [5.74, 6) is -0.266. The minimum Gasteiger partial charge on any atom is -0.361 e. The van der Waals surface area contributed by atoms with Gasteiger partial charge < -0.3 is 5.32 Å². The van der Waals surface area contributed by atoms with Gasteiger partial charge in [-0.2, -0.15) is 0 Å². The van der Waals surface area contributed by atoms with Crippen molar-refractivity contribution in [1.82, 2.24) is 15.0 Å². The van der Waals surface area contributed by atoms with Crippen LogP contribution in [0.1, 0.15) is 24.2 Å². The van der Waals surface area contributed by atoms with Gasteiger partial charge in [0.1, 0.15) is 12.0 Å². The topological polar surface area (TPSA) is 50.7 Å². The molecule has 0 spiro atoms. The summed E-state index contributed by atoms with van der Waals surface area (Å²) in [6.45, 7) is 3.97. The van der Waals surface area contributed by atoms with Crippen molar-refractivity contribution in [2.75, 3.05) is 5.32 Å². The van der Waals surface area contributed by atoms with Crippen molar-refractivity contribution in [2.45, 2.75) is 19.9 Å². The average molecular weight is 435 g/mol. The third-order valence-electron chi connectivity index (χ3n) is 5.81. The molecule has 0 bridgehead atoms. The van der Waals surface area contributed by atoms with Crippen molar-refractivity contribution < 1.29 is 4.39 Å². The molecule has 1 atom stereocenters. The third kappa shape index (κ3) is 4.30. The number of pyridine rings is 1. The second-order valence-electron chi connectivity index (χ2n) is 8.12. The fraction of sp³-hybridized carbons (Fsp3) is 0.107. The van der Waals surface area contributed by atoms with Crippen molar-refractivity contribution in [3.63, 3.8) is 0 Å². The van der Waals surface area contributed by atoms with Gasteiger partial charge in [-0.15, -0.1) is 0 Å². The number of halogens is 1. The summed E-state index contributed by atoms with van der Waals surface area (Å²) in [4.78, 5) is 12.6. The molecule has 0 saturated heterocycles. The van der Waals surface area contributed by atoms with Gasteiger partial charge in [0.25, 0.3) is 0 Å². The molecular formula is C28H23FN4. The SMILES string of the molecule is Cc1cc(-c2ccc(C(C)Nc3ncnc(-c4ccc5ccccc5c4)c3F)cc2)ccn1. The molecule has 5 heteroatoms. The molecule has 0 aliphatic heterocycles. The van der Waals surface area contributed by atoms with E-state index in [-0.39, 0.29) is 17.6 Å². The first-order valence-corrected chi connectivity index (χ1v) is 10.9. The lowest BCUT2D eigenvalue weighted by atomic mass is 10.0. The van der Waals surface area contributed by atoms with E-state index in [1.165, 1.54) is 6.33 Å².